The Morgan fingerprint density at radius 1 is 1.29 bits per heavy atom. The van der Waals surface area contributed by atoms with Crippen molar-refractivity contribution in [2.24, 2.45) is 18.9 Å². The number of alkyl halides is 2. The van der Waals surface area contributed by atoms with E-state index in [9.17, 15) is 13.6 Å². The maximum Gasteiger partial charge on any atom is 0.258 e. The van der Waals surface area contributed by atoms with Crippen LogP contribution >= 0.6 is 11.6 Å². The van der Waals surface area contributed by atoms with Crippen molar-refractivity contribution in [1.82, 2.24) is 29.6 Å². The lowest BCUT2D eigenvalue weighted by molar-refractivity contribution is -0.121. The van der Waals surface area contributed by atoms with Crippen molar-refractivity contribution >= 4 is 23.3 Å². The van der Waals surface area contributed by atoms with E-state index < -0.39 is 17.8 Å². The largest absolute Gasteiger partial charge is 0.356 e. The Labute approximate surface area is 199 Å². The highest BCUT2D eigenvalue weighted by Crippen LogP contribution is 2.59. The van der Waals surface area contributed by atoms with E-state index in [1.54, 1.807) is 17.2 Å². The quantitative estimate of drug-likeness (QED) is 0.541. The lowest BCUT2D eigenvalue weighted by atomic mass is 10.2. The van der Waals surface area contributed by atoms with Gasteiger partial charge in [0.2, 0.25) is 5.91 Å². The van der Waals surface area contributed by atoms with Crippen LogP contribution in [0.25, 0.3) is 0 Å². The van der Waals surface area contributed by atoms with Gasteiger partial charge in [0, 0.05) is 37.6 Å². The fourth-order valence-electron chi connectivity index (χ4n) is 5.26. The summed E-state index contributed by atoms with van der Waals surface area (Å²) >= 11 is 6.39. The first-order chi connectivity index (χ1) is 16.3. The van der Waals surface area contributed by atoms with Gasteiger partial charge >= 0.3 is 0 Å². The van der Waals surface area contributed by atoms with Gasteiger partial charge in [0.15, 0.2) is 0 Å². The minimum Gasteiger partial charge on any atom is -0.356 e. The molecule has 1 saturated carbocycles. The summed E-state index contributed by atoms with van der Waals surface area (Å²) in [5, 5.41) is 7.75. The van der Waals surface area contributed by atoms with Gasteiger partial charge in [-0.1, -0.05) is 17.7 Å². The first-order valence-electron chi connectivity index (χ1n) is 11.4. The molecule has 1 N–H and O–H groups in total. The molecule has 6 rings (SSSR count). The van der Waals surface area contributed by atoms with Crippen molar-refractivity contribution in [3.05, 3.63) is 58.5 Å². The van der Waals surface area contributed by atoms with Crippen molar-refractivity contribution in [1.29, 1.82) is 0 Å². The van der Waals surface area contributed by atoms with E-state index in [2.05, 4.69) is 20.4 Å². The number of halogens is 3. The van der Waals surface area contributed by atoms with E-state index in [4.69, 9.17) is 11.6 Å². The minimum atomic E-state index is -2.52. The number of imidazole rings is 1. The van der Waals surface area contributed by atoms with E-state index in [0.717, 1.165) is 29.7 Å². The molecule has 0 spiro atoms. The maximum atomic E-state index is 13.4. The van der Waals surface area contributed by atoms with Gasteiger partial charge in [-0.05, 0) is 24.5 Å². The summed E-state index contributed by atoms with van der Waals surface area (Å²) < 4.78 is 30.6. The fourth-order valence-corrected chi connectivity index (χ4v) is 5.47. The van der Waals surface area contributed by atoms with Crippen molar-refractivity contribution in [3.8, 4) is 0 Å². The molecule has 178 valence electrons. The Balaban J connectivity index is 1.05. The number of piperidine rings is 1. The zero-order chi connectivity index (χ0) is 23.6. The number of amides is 1. The van der Waals surface area contributed by atoms with Gasteiger partial charge in [0.05, 0.1) is 49.1 Å². The summed E-state index contributed by atoms with van der Waals surface area (Å²) in [4.78, 5) is 23.3. The molecule has 0 radical (unpaired) electrons. The molecule has 0 bridgehead atoms. The van der Waals surface area contributed by atoms with E-state index in [1.165, 1.54) is 5.69 Å². The number of fused-ring (bicyclic) bond motifs is 2. The van der Waals surface area contributed by atoms with Crippen LogP contribution in [0.15, 0.2) is 30.9 Å². The van der Waals surface area contributed by atoms with Crippen molar-refractivity contribution < 1.29 is 13.6 Å². The van der Waals surface area contributed by atoms with Crippen LogP contribution in [0.4, 0.5) is 14.6 Å². The summed E-state index contributed by atoms with van der Waals surface area (Å²) in [7, 11) is 1.97. The van der Waals surface area contributed by atoms with E-state index in [0.29, 0.717) is 30.6 Å². The molecule has 4 heterocycles. The van der Waals surface area contributed by atoms with Gasteiger partial charge in [-0.3, -0.25) is 9.48 Å². The Bertz CT molecular complexity index is 1260. The average molecular weight is 488 g/mol. The molecule has 3 aliphatic rings. The highest BCUT2D eigenvalue weighted by Gasteiger charge is 2.71. The summed E-state index contributed by atoms with van der Waals surface area (Å²) in [5.74, 6) is -3.09. The second kappa shape index (κ2) is 7.76. The summed E-state index contributed by atoms with van der Waals surface area (Å²) in [5.41, 5.74) is 3.70. The highest BCUT2D eigenvalue weighted by molar-refractivity contribution is 6.30. The Morgan fingerprint density at radius 3 is 2.85 bits per heavy atom. The topological polar surface area (TPSA) is 80.9 Å². The first kappa shape index (κ1) is 21.5. The first-order valence-corrected chi connectivity index (χ1v) is 11.8. The van der Waals surface area contributed by atoms with E-state index in [1.807, 2.05) is 34.8 Å². The number of carbonyl (C=O) groups is 1. The summed E-state index contributed by atoms with van der Waals surface area (Å²) in [6.07, 6.45) is 7.28. The maximum absolute atomic E-state index is 13.4. The minimum absolute atomic E-state index is 0.0464. The van der Waals surface area contributed by atoms with Crippen LogP contribution in [-0.4, -0.2) is 49.2 Å². The number of anilines is 1. The smallest absolute Gasteiger partial charge is 0.258 e. The van der Waals surface area contributed by atoms with Gasteiger partial charge in [-0.15, -0.1) is 0 Å². The molecule has 2 aliphatic carbocycles. The summed E-state index contributed by atoms with van der Waals surface area (Å²) in [6, 6.07) is 3.62. The van der Waals surface area contributed by atoms with Crippen LogP contribution in [0.1, 0.15) is 35.0 Å². The normalized spacial score (nSPS) is 24.2. The lowest BCUT2D eigenvalue weighted by Gasteiger charge is -2.21. The van der Waals surface area contributed by atoms with Gasteiger partial charge in [-0.2, -0.15) is 5.10 Å². The molecule has 3 aromatic rings. The number of rotatable bonds is 6. The van der Waals surface area contributed by atoms with Crippen LogP contribution in [0.5, 0.6) is 0 Å². The number of aryl methyl sites for hydroxylation is 1. The molecule has 2 unspecified atom stereocenters. The van der Waals surface area contributed by atoms with E-state index in [-0.39, 0.29) is 18.4 Å². The SMILES string of the molecule is Cn1cnc2c1CC[C@H]2NC(=O)Cc1cnn(Cc2ccc(N3CC4C(C3)C4(F)F)nc2Cl)c1. The lowest BCUT2D eigenvalue weighted by Crippen LogP contribution is -2.28. The third-order valence-electron chi connectivity index (χ3n) is 7.25. The Morgan fingerprint density at radius 2 is 2.09 bits per heavy atom. The van der Waals surface area contributed by atoms with E-state index >= 15 is 0 Å². The fraction of sp³-hybridized carbons (Fsp3) is 0.478. The third-order valence-corrected chi connectivity index (χ3v) is 7.57. The molecule has 34 heavy (non-hydrogen) atoms. The second-order valence-corrected chi connectivity index (χ2v) is 9.84. The number of nitrogens with one attached hydrogen (secondary N) is 1. The number of nitrogens with zero attached hydrogens (tertiary/aromatic N) is 6. The molecular weight excluding hydrogens is 464 g/mol. The molecular formula is C23H24ClF2N7O. The standard InChI is InChI=1S/C23H24ClF2N7O/c1-31-12-27-21-17(3-4-18(21)31)29-20(34)6-13-7-28-33(8-13)9-14-2-5-19(30-22(14)24)32-10-15-16(11-32)23(15,25)26/h2,5,7-8,12,15-17H,3-4,6,9-11H2,1H3,(H,29,34)/t15?,16?,17-/m1/s1. The Kier molecular flexibility index (Phi) is 4.91. The van der Waals surface area contributed by atoms with Gasteiger partial charge in [-0.25, -0.2) is 18.7 Å². The number of aromatic nitrogens is 5. The van der Waals surface area contributed by atoms with Crippen molar-refractivity contribution in [3.63, 3.8) is 0 Å². The van der Waals surface area contributed by atoms with Crippen molar-refractivity contribution in [2.45, 2.75) is 37.8 Å². The van der Waals surface area contributed by atoms with Crippen LogP contribution in [-0.2, 0) is 31.2 Å². The zero-order valence-corrected chi connectivity index (χ0v) is 19.3. The molecule has 3 atom stereocenters. The molecule has 0 aromatic carbocycles. The predicted molar refractivity (Wildman–Crippen MR) is 121 cm³/mol. The Hall–Kier alpha value is -3.01. The molecule has 1 aliphatic heterocycles. The molecule has 2 fully saturated rings. The molecule has 3 aromatic heterocycles. The number of carbonyl (C=O) groups excluding carboxylic acids is 1. The number of hydrogen-bond donors (Lipinski definition) is 1. The number of hydrogen-bond acceptors (Lipinski definition) is 5. The van der Waals surface area contributed by atoms with Crippen LogP contribution in [0.3, 0.4) is 0 Å². The molecule has 1 saturated heterocycles. The third kappa shape index (κ3) is 3.64. The molecule has 8 nitrogen and oxygen atoms in total. The van der Waals surface area contributed by atoms with Gasteiger partial charge < -0.3 is 14.8 Å². The van der Waals surface area contributed by atoms with Crippen LogP contribution in [0, 0.1) is 11.8 Å². The van der Waals surface area contributed by atoms with Gasteiger partial charge in [0.25, 0.3) is 5.92 Å². The van der Waals surface area contributed by atoms with Crippen molar-refractivity contribution in [2.75, 3.05) is 18.0 Å². The van der Waals surface area contributed by atoms with Crippen LogP contribution < -0.4 is 10.2 Å². The highest BCUT2D eigenvalue weighted by atomic mass is 35.5. The predicted octanol–water partition coefficient (Wildman–Crippen LogP) is 2.76. The average Bonchev–Trinajstić information content (AvgIpc) is 3.41. The number of pyridine rings is 1. The molecule has 1 amide bonds. The summed E-state index contributed by atoms with van der Waals surface area (Å²) in [6.45, 7) is 1.03. The van der Waals surface area contributed by atoms with Gasteiger partial charge in [0.1, 0.15) is 11.0 Å². The monoisotopic (exact) mass is 487 g/mol. The second-order valence-electron chi connectivity index (χ2n) is 9.48. The van der Waals surface area contributed by atoms with Crippen LogP contribution in [0.2, 0.25) is 5.15 Å². The molecule has 11 heteroatoms. The zero-order valence-electron chi connectivity index (χ0n) is 18.6.